The summed E-state index contributed by atoms with van der Waals surface area (Å²) in [5, 5.41) is 29.0. The lowest BCUT2D eigenvalue weighted by molar-refractivity contribution is 0.0925. The first-order valence-electron chi connectivity index (χ1n) is 29.5. The Morgan fingerprint density at radius 3 is 1.17 bits per heavy atom. The van der Waals surface area contributed by atoms with Crippen LogP contribution in [0.4, 0.5) is 0 Å². The van der Waals surface area contributed by atoms with Crippen molar-refractivity contribution in [3.8, 4) is 17.1 Å². The van der Waals surface area contributed by atoms with Crippen LogP contribution in [0.1, 0.15) is 149 Å². The summed E-state index contributed by atoms with van der Waals surface area (Å²) >= 11 is 17.8. The highest BCUT2D eigenvalue weighted by Crippen LogP contribution is 2.28. The number of sulfonamides is 2. The summed E-state index contributed by atoms with van der Waals surface area (Å²) in [6.07, 6.45) is 14.5. The number of nitrogens with one attached hydrogen (secondary N) is 3. The minimum atomic E-state index is -3.89. The molecule has 0 aliphatic rings. The molecule has 5 N–H and O–H groups in total. The summed E-state index contributed by atoms with van der Waals surface area (Å²) in [6, 6.07) is 28.3. The molecule has 0 fully saturated rings. The Hall–Kier alpha value is -8.21. The number of benzene rings is 3. The molecule has 3 unspecified atom stereocenters. The van der Waals surface area contributed by atoms with E-state index in [0.29, 0.717) is 84.8 Å². The number of primary sulfonamides is 1. The van der Waals surface area contributed by atoms with Gasteiger partial charge in [0, 0.05) is 54.0 Å². The molecule has 3 amide bonds. The molecular formula is C64H73Cl3N14O9S3. The first-order valence-corrected chi connectivity index (χ1v) is 35.3. The van der Waals surface area contributed by atoms with Crippen LogP contribution in [-0.4, -0.2) is 111 Å². The summed E-state index contributed by atoms with van der Waals surface area (Å²) in [4.78, 5) is 51.0. The summed E-state index contributed by atoms with van der Waals surface area (Å²) in [5.41, 5.74) is 7.69. The van der Waals surface area contributed by atoms with Crippen LogP contribution in [0.25, 0.3) is 17.1 Å². The molecule has 9 aromatic rings. The van der Waals surface area contributed by atoms with E-state index in [0.717, 1.165) is 40.6 Å². The highest BCUT2D eigenvalue weighted by Gasteiger charge is 2.27. The van der Waals surface area contributed by atoms with Crippen molar-refractivity contribution in [1.29, 1.82) is 0 Å². The monoisotopic (exact) mass is 1380 g/mol. The van der Waals surface area contributed by atoms with E-state index in [9.17, 15) is 39.6 Å². The summed E-state index contributed by atoms with van der Waals surface area (Å²) in [7, 11) is -8.09. The Bertz CT molecular complexity index is 4430. The minimum absolute atomic E-state index is 0.0228. The Kier molecular flexibility index (Phi) is 24.9. The molecule has 93 heavy (non-hydrogen) atoms. The van der Waals surface area contributed by atoms with Gasteiger partial charge in [-0.3, -0.25) is 19.4 Å². The van der Waals surface area contributed by atoms with Crippen molar-refractivity contribution < 1.29 is 39.6 Å². The predicted molar refractivity (Wildman–Crippen MR) is 358 cm³/mol. The molecule has 0 saturated heterocycles. The fourth-order valence-corrected chi connectivity index (χ4v) is 12.2. The van der Waals surface area contributed by atoms with Crippen LogP contribution < -0.4 is 21.1 Å². The number of amides is 3. The first kappa shape index (κ1) is 72.2. The predicted octanol–water partition coefficient (Wildman–Crippen LogP) is 11.2. The highest BCUT2D eigenvalue weighted by molar-refractivity contribution is 7.91. The van der Waals surface area contributed by atoms with Crippen LogP contribution >= 0.6 is 34.8 Å². The van der Waals surface area contributed by atoms with Gasteiger partial charge >= 0.3 is 0 Å². The van der Waals surface area contributed by atoms with Crippen LogP contribution in [-0.2, 0) is 29.9 Å². The van der Waals surface area contributed by atoms with Gasteiger partial charge in [0.15, 0.2) is 19.9 Å². The lowest BCUT2D eigenvalue weighted by Gasteiger charge is -2.20. The molecule has 0 aliphatic heterocycles. The average Bonchev–Trinajstić information content (AvgIpc) is 1.85. The molecule has 0 saturated carbocycles. The molecule has 0 aliphatic carbocycles. The van der Waals surface area contributed by atoms with Crippen LogP contribution in [0.5, 0.6) is 0 Å². The largest absolute Gasteiger partial charge is 0.345 e. The average molecular weight is 1380 g/mol. The number of nitrogens with two attached hydrogens (primary N) is 1. The highest BCUT2D eigenvalue weighted by atomic mass is 35.5. The van der Waals surface area contributed by atoms with Crippen LogP contribution in [0.2, 0.25) is 15.1 Å². The van der Waals surface area contributed by atoms with Gasteiger partial charge in [-0.1, -0.05) is 81.8 Å². The number of aromatic nitrogens is 9. The normalized spacial score (nSPS) is 12.6. The maximum atomic E-state index is 13.1. The second-order valence-corrected chi connectivity index (χ2v) is 28.8. The van der Waals surface area contributed by atoms with Gasteiger partial charge in [-0.25, -0.2) is 58.7 Å². The van der Waals surface area contributed by atoms with Gasteiger partial charge in [-0.2, -0.15) is 15.3 Å². The van der Waals surface area contributed by atoms with Gasteiger partial charge < -0.3 is 16.0 Å². The van der Waals surface area contributed by atoms with E-state index in [2.05, 4.69) is 46.2 Å². The van der Waals surface area contributed by atoms with E-state index >= 15 is 0 Å². The van der Waals surface area contributed by atoms with Crippen molar-refractivity contribution in [2.45, 2.75) is 120 Å². The number of halogens is 3. The Labute approximate surface area is 557 Å². The van der Waals surface area contributed by atoms with Crippen molar-refractivity contribution in [2.75, 3.05) is 19.8 Å². The third kappa shape index (κ3) is 18.3. The van der Waals surface area contributed by atoms with Crippen LogP contribution in [0.15, 0.2) is 161 Å². The molecule has 6 heterocycles. The fraction of sp³-hybridized carbons (Fsp3) is 0.297. The topological polar surface area (TPSA) is 311 Å². The van der Waals surface area contributed by atoms with Gasteiger partial charge in [-0.05, 0) is 160 Å². The third-order valence-electron chi connectivity index (χ3n) is 14.9. The number of carbonyl (C=O) groups is 3. The minimum Gasteiger partial charge on any atom is -0.345 e. The number of sulfone groups is 1. The molecule has 0 spiro atoms. The lowest BCUT2D eigenvalue weighted by Crippen LogP contribution is -2.29. The van der Waals surface area contributed by atoms with E-state index in [1.54, 1.807) is 82.5 Å². The third-order valence-corrected chi connectivity index (χ3v) is 19.8. The van der Waals surface area contributed by atoms with Crippen LogP contribution in [0.3, 0.4) is 0 Å². The van der Waals surface area contributed by atoms with E-state index in [1.165, 1.54) is 69.6 Å². The zero-order chi connectivity index (χ0) is 68.0. The molecule has 3 aromatic carbocycles. The van der Waals surface area contributed by atoms with Gasteiger partial charge in [0.05, 0.1) is 93.3 Å². The molecule has 0 radical (unpaired) electrons. The van der Waals surface area contributed by atoms with Crippen molar-refractivity contribution in [3.05, 3.63) is 212 Å². The Morgan fingerprint density at radius 2 is 0.839 bits per heavy atom. The molecule has 492 valence electrons. The van der Waals surface area contributed by atoms with Crippen molar-refractivity contribution in [3.63, 3.8) is 0 Å². The molecule has 6 aromatic heterocycles. The second kappa shape index (κ2) is 32.1. The van der Waals surface area contributed by atoms with E-state index in [1.807, 2.05) is 71.0 Å². The maximum Gasteiger partial charge on any atom is 0.260 e. The van der Waals surface area contributed by atoms with E-state index in [-0.39, 0.29) is 50.5 Å². The lowest BCUT2D eigenvalue weighted by atomic mass is 10.0. The standard InChI is InChI=1S/C22H26ClN5O3S.C22H25ClN4O3S.C20H22ClN5O3S/c1-5-6-20(16-11-12-24-21(13-16)32(30,31)27(3)4)26-22(29)19-14-25-28(15(19)2)18-9-7-17(23)8-10-18;1-4-6-20(16-11-12-24-21(13-16)31(29,30)5-2)26-22(28)19-14-25-27(15(19)3)18-9-7-17(23)8-10-18;1-3-4-19(14-9-17(11-23-10-14)30(22,28)29)25-20(27)18-12-24-26(13(18)2)16-7-5-15(21)6-8-16/h7-14,20H,5-6H2,1-4H3,(H,26,29);7-14,20H,4-6H2,1-3H3,(H,26,28);5-12,19H,3-4H2,1-2H3,(H,25,27)(H2,22,28,29). The Morgan fingerprint density at radius 1 is 0.495 bits per heavy atom. The number of carbonyl (C=O) groups excluding carboxylic acids is 3. The van der Waals surface area contributed by atoms with E-state index in [4.69, 9.17) is 39.9 Å². The second-order valence-electron chi connectivity index (χ2n) is 21.6. The molecule has 0 bridgehead atoms. The molecule has 9 rings (SSSR count). The van der Waals surface area contributed by atoms with Gasteiger partial charge in [0.25, 0.3) is 27.7 Å². The maximum absolute atomic E-state index is 13.1. The van der Waals surface area contributed by atoms with Crippen molar-refractivity contribution in [1.82, 2.24) is 64.5 Å². The molecular weight excluding hydrogens is 1310 g/mol. The first-order chi connectivity index (χ1) is 44.1. The SMILES string of the molecule is CCCC(NC(=O)c1cnn(-c2ccc(Cl)cc2)c1C)c1ccnc(S(=O)(=O)CC)c1.CCCC(NC(=O)c1cnn(-c2ccc(Cl)cc2)c1C)c1ccnc(S(=O)(=O)N(C)C)c1.CCCC(NC(=O)c1cnn(-c2ccc(Cl)cc2)c1C)c1cncc(S(N)(=O)=O)c1. The molecule has 29 heteroatoms. The van der Waals surface area contributed by atoms with Gasteiger partial charge in [-0.15, -0.1) is 0 Å². The zero-order valence-electron chi connectivity index (χ0n) is 52.6. The van der Waals surface area contributed by atoms with Gasteiger partial charge in [0.2, 0.25) is 10.0 Å². The van der Waals surface area contributed by atoms with E-state index < -0.39 is 35.9 Å². The number of hydrogen-bond donors (Lipinski definition) is 4. The number of hydrogen-bond acceptors (Lipinski definition) is 15. The molecule has 23 nitrogen and oxygen atoms in total. The quantitative estimate of drug-likeness (QED) is 0.0463. The van der Waals surface area contributed by atoms with Crippen molar-refractivity contribution in [2.24, 2.45) is 5.14 Å². The summed E-state index contributed by atoms with van der Waals surface area (Å²) in [6.45, 7) is 13.0. The number of pyridine rings is 3. The number of rotatable bonds is 23. The smallest absolute Gasteiger partial charge is 0.260 e. The fourth-order valence-electron chi connectivity index (χ4n) is 9.68. The Balaban J connectivity index is 0.000000198. The van der Waals surface area contributed by atoms with Crippen molar-refractivity contribution >= 4 is 82.4 Å². The summed E-state index contributed by atoms with van der Waals surface area (Å²) in [5.74, 6) is -0.896. The number of nitrogens with zero attached hydrogens (tertiary/aromatic N) is 10. The zero-order valence-corrected chi connectivity index (χ0v) is 57.3. The summed E-state index contributed by atoms with van der Waals surface area (Å²) < 4.78 is 78.8. The molecule has 3 atom stereocenters. The van der Waals surface area contributed by atoms with Crippen LogP contribution in [0, 0.1) is 20.8 Å². The van der Waals surface area contributed by atoms with Gasteiger partial charge in [0.1, 0.15) is 4.90 Å².